The largest absolute Gasteiger partial charge is 0.396 e. The summed E-state index contributed by atoms with van der Waals surface area (Å²) in [5.74, 6) is 0.161. The Labute approximate surface area is 104 Å². The summed E-state index contributed by atoms with van der Waals surface area (Å²) in [6.07, 6.45) is 0.854. The van der Waals surface area contributed by atoms with E-state index in [0.717, 1.165) is 6.42 Å². The Morgan fingerprint density at radius 1 is 1.47 bits per heavy atom. The van der Waals surface area contributed by atoms with Crippen LogP contribution in [0.15, 0.2) is 12.1 Å². The van der Waals surface area contributed by atoms with E-state index >= 15 is 0 Å². The highest BCUT2D eigenvalue weighted by molar-refractivity contribution is 7.15. The van der Waals surface area contributed by atoms with Gasteiger partial charge >= 0.3 is 0 Å². The number of likely N-dealkylation sites (tertiary alicyclic amines) is 1. The molecule has 0 unspecified atom stereocenters. The lowest BCUT2D eigenvalue weighted by atomic mass is 10.1. The van der Waals surface area contributed by atoms with Gasteiger partial charge in [-0.05, 0) is 25.5 Å². The number of Topliss-reactive ketones (excluding diaryl/α,β-unsaturated/α-hetero) is 1. The maximum atomic E-state index is 12.1. The SMILES string of the molecule is CC(=O)c1ccc(C(=O)N2CC[C@H](CO)C2)s1. The minimum atomic E-state index is -0.0292. The molecular formula is C12H15NO3S. The molecule has 1 atom stereocenters. The van der Waals surface area contributed by atoms with Gasteiger partial charge in [0.05, 0.1) is 9.75 Å². The number of aliphatic hydroxyl groups is 1. The molecule has 1 aliphatic rings. The molecule has 4 nitrogen and oxygen atoms in total. The molecule has 0 aromatic carbocycles. The molecule has 1 saturated heterocycles. The normalized spacial score (nSPS) is 19.6. The van der Waals surface area contributed by atoms with Crippen molar-refractivity contribution >= 4 is 23.0 Å². The summed E-state index contributed by atoms with van der Waals surface area (Å²) in [4.78, 5) is 26.2. The Kier molecular flexibility index (Phi) is 3.59. The number of amides is 1. The summed E-state index contributed by atoms with van der Waals surface area (Å²) in [7, 11) is 0. The van der Waals surface area contributed by atoms with E-state index in [4.69, 9.17) is 5.11 Å². The first kappa shape index (κ1) is 12.3. The molecule has 0 bridgehead atoms. The first-order valence-electron chi connectivity index (χ1n) is 5.62. The highest BCUT2D eigenvalue weighted by Gasteiger charge is 2.27. The molecule has 1 N–H and O–H groups in total. The maximum Gasteiger partial charge on any atom is 0.263 e. The number of carbonyl (C=O) groups is 2. The van der Waals surface area contributed by atoms with Gasteiger partial charge in [0.25, 0.3) is 5.91 Å². The molecule has 2 heterocycles. The van der Waals surface area contributed by atoms with Crippen LogP contribution < -0.4 is 0 Å². The van der Waals surface area contributed by atoms with E-state index in [2.05, 4.69) is 0 Å². The Morgan fingerprint density at radius 3 is 2.71 bits per heavy atom. The van der Waals surface area contributed by atoms with Gasteiger partial charge < -0.3 is 10.0 Å². The third kappa shape index (κ3) is 2.56. The van der Waals surface area contributed by atoms with Gasteiger partial charge in [0.15, 0.2) is 5.78 Å². The zero-order valence-corrected chi connectivity index (χ0v) is 10.5. The molecule has 1 fully saturated rings. The summed E-state index contributed by atoms with van der Waals surface area (Å²) in [5, 5.41) is 9.03. The molecule has 1 aromatic heterocycles. The van der Waals surface area contributed by atoms with Crippen LogP contribution in [-0.4, -0.2) is 41.4 Å². The third-order valence-corrected chi connectivity index (χ3v) is 4.17. The molecule has 0 radical (unpaired) electrons. The van der Waals surface area contributed by atoms with Crippen molar-refractivity contribution in [3.63, 3.8) is 0 Å². The van der Waals surface area contributed by atoms with Crippen molar-refractivity contribution in [2.75, 3.05) is 19.7 Å². The van der Waals surface area contributed by atoms with Crippen molar-refractivity contribution in [2.24, 2.45) is 5.92 Å². The molecular weight excluding hydrogens is 238 g/mol. The summed E-state index contributed by atoms with van der Waals surface area (Å²) < 4.78 is 0. The fraction of sp³-hybridized carbons (Fsp3) is 0.500. The third-order valence-electron chi connectivity index (χ3n) is 3.00. The van der Waals surface area contributed by atoms with Crippen molar-refractivity contribution in [1.29, 1.82) is 0 Å². The van der Waals surface area contributed by atoms with Gasteiger partial charge in [-0.2, -0.15) is 0 Å². The summed E-state index contributed by atoms with van der Waals surface area (Å²) in [5.41, 5.74) is 0. The molecule has 0 aliphatic carbocycles. The van der Waals surface area contributed by atoms with E-state index in [-0.39, 0.29) is 24.2 Å². The quantitative estimate of drug-likeness (QED) is 0.828. The Hall–Kier alpha value is -1.20. The van der Waals surface area contributed by atoms with Crippen molar-refractivity contribution in [1.82, 2.24) is 4.90 Å². The van der Waals surface area contributed by atoms with Crippen LogP contribution in [0, 0.1) is 5.92 Å². The lowest BCUT2D eigenvalue weighted by Crippen LogP contribution is -2.28. The molecule has 5 heteroatoms. The minimum Gasteiger partial charge on any atom is -0.396 e. The van der Waals surface area contributed by atoms with E-state index in [0.29, 0.717) is 22.8 Å². The van der Waals surface area contributed by atoms with Gasteiger partial charge in [-0.15, -0.1) is 11.3 Å². The molecule has 17 heavy (non-hydrogen) atoms. The van der Waals surface area contributed by atoms with Crippen LogP contribution in [0.1, 0.15) is 32.7 Å². The topological polar surface area (TPSA) is 57.6 Å². The van der Waals surface area contributed by atoms with Gasteiger partial charge in [-0.3, -0.25) is 9.59 Å². The zero-order chi connectivity index (χ0) is 12.4. The molecule has 0 spiro atoms. The first-order valence-corrected chi connectivity index (χ1v) is 6.44. The van der Waals surface area contributed by atoms with Gasteiger partial charge in [0.1, 0.15) is 0 Å². The van der Waals surface area contributed by atoms with E-state index < -0.39 is 0 Å². The van der Waals surface area contributed by atoms with E-state index in [1.54, 1.807) is 17.0 Å². The highest BCUT2D eigenvalue weighted by Crippen LogP contribution is 2.23. The van der Waals surface area contributed by atoms with Crippen LogP contribution in [-0.2, 0) is 0 Å². The number of aliphatic hydroxyl groups excluding tert-OH is 1. The predicted octanol–water partition coefficient (Wildman–Crippen LogP) is 1.41. The number of hydrogen-bond donors (Lipinski definition) is 1. The molecule has 92 valence electrons. The van der Waals surface area contributed by atoms with Crippen LogP contribution in [0.4, 0.5) is 0 Å². The Bertz CT molecular complexity index is 441. The van der Waals surface area contributed by atoms with Crippen LogP contribution in [0.5, 0.6) is 0 Å². The minimum absolute atomic E-state index is 0.0105. The molecule has 1 amide bonds. The zero-order valence-electron chi connectivity index (χ0n) is 9.68. The monoisotopic (exact) mass is 253 g/mol. The van der Waals surface area contributed by atoms with Crippen molar-refractivity contribution in [2.45, 2.75) is 13.3 Å². The predicted molar refractivity (Wildman–Crippen MR) is 65.4 cm³/mol. The fourth-order valence-corrected chi connectivity index (χ4v) is 2.83. The summed E-state index contributed by atoms with van der Waals surface area (Å²) >= 11 is 1.24. The van der Waals surface area contributed by atoms with E-state index in [9.17, 15) is 9.59 Å². The van der Waals surface area contributed by atoms with E-state index in [1.165, 1.54) is 18.3 Å². The smallest absolute Gasteiger partial charge is 0.263 e. The number of hydrogen-bond acceptors (Lipinski definition) is 4. The average Bonchev–Trinajstić information content (AvgIpc) is 2.97. The standard InChI is InChI=1S/C12H15NO3S/c1-8(15)10-2-3-11(17-10)12(16)13-5-4-9(6-13)7-14/h2-3,9,14H,4-7H2,1H3/t9-/m0/s1. The highest BCUT2D eigenvalue weighted by atomic mass is 32.1. The van der Waals surface area contributed by atoms with Crippen LogP contribution in [0.2, 0.25) is 0 Å². The van der Waals surface area contributed by atoms with Crippen molar-refractivity contribution in [3.05, 3.63) is 21.9 Å². The van der Waals surface area contributed by atoms with Gasteiger partial charge in [0.2, 0.25) is 0 Å². The average molecular weight is 253 g/mol. The second-order valence-corrected chi connectivity index (χ2v) is 5.39. The number of thiophene rings is 1. The number of carbonyl (C=O) groups excluding carboxylic acids is 2. The summed E-state index contributed by atoms with van der Waals surface area (Å²) in [6, 6.07) is 3.40. The fourth-order valence-electron chi connectivity index (χ4n) is 1.96. The van der Waals surface area contributed by atoms with Gasteiger partial charge in [0, 0.05) is 25.6 Å². The number of nitrogens with zero attached hydrogens (tertiary/aromatic N) is 1. The molecule has 1 aromatic rings. The van der Waals surface area contributed by atoms with Crippen molar-refractivity contribution in [3.8, 4) is 0 Å². The second-order valence-electron chi connectivity index (χ2n) is 4.31. The van der Waals surface area contributed by atoms with Gasteiger partial charge in [-0.1, -0.05) is 0 Å². The molecule has 1 aliphatic heterocycles. The second kappa shape index (κ2) is 4.98. The Balaban J connectivity index is 2.07. The maximum absolute atomic E-state index is 12.1. The van der Waals surface area contributed by atoms with E-state index in [1.807, 2.05) is 0 Å². The van der Waals surface area contributed by atoms with Crippen LogP contribution >= 0.6 is 11.3 Å². The Morgan fingerprint density at radius 2 is 2.18 bits per heavy atom. The lowest BCUT2D eigenvalue weighted by Gasteiger charge is -2.14. The molecule has 2 rings (SSSR count). The molecule has 0 saturated carbocycles. The number of rotatable bonds is 3. The van der Waals surface area contributed by atoms with Crippen molar-refractivity contribution < 1.29 is 14.7 Å². The van der Waals surface area contributed by atoms with Gasteiger partial charge in [-0.25, -0.2) is 0 Å². The van der Waals surface area contributed by atoms with Crippen LogP contribution in [0.25, 0.3) is 0 Å². The number of ketones is 1. The summed E-state index contributed by atoms with van der Waals surface area (Å²) in [6.45, 7) is 2.94. The van der Waals surface area contributed by atoms with Crippen LogP contribution in [0.3, 0.4) is 0 Å². The first-order chi connectivity index (χ1) is 8.11. The lowest BCUT2D eigenvalue weighted by molar-refractivity contribution is 0.0786.